The van der Waals surface area contributed by atoms with Crippen molar-refractivity contribution < 1.29 is 24.5 Å². The Balaban J connectivity index is 0.000000333. The number of nitrogens with zero attached hydrogens (tertiary/aromatic N) is 2. The molecule has 3 N–H and O–H groups in total. The van der Waals surface area contributed by atoms with Crippen molar-refractivity contribution in [2.24, 2.45) is 0 Å². The first kappa shape index (κ1) is 20.4. The summed E-state index contributed by atoms with van der Waals surface area (Å²) in [4.78, 5) is 25.7. The van der Waals surface area contributed by atoms with Crippen LogP contribution >= 0.6 is 0 Å². The Morgan fingerprint density at radius 1 is 1.24 bits per heavy atom. The number of hydrogen-bond acceptors (Lipinski definition) is 6. The van der Waals surface area contributed by atoms with Gasteiger partial charge in [-0.1, -0.05) is 13.3 Å². The van der Waals surface area contributed by atoms with E-state index in [4.69, 9.17) is 14.9 Å². The molecule has 1 aromatic heterocycles. The molecule has 1 aromatic rings. The molecule has 0 unspecified atom stereocenters. The van der Waals surface area contributed by atoms with Crippen molar-refractivity contribution >= 4 is 17.6 Å². The summed E-state index contributed by atoms with van der Waals surface area (Å²) in [7, 11) is 0. The predicted molar refractivity (Wildman–Crippen MR) is 94.1 cm³/mol. The van der Waals surface area contributed by atoms with Crippen LogP contribution in [-0.4, -0.2) is 59.9 Å². The summed E-state index contributed by atoms with van der Waals surface area (Å²) in [5.74, 6) is -1.63. The minimum atomic E-state index is -1.26. The van der Waals surface area contributed by atoms with Gasteiger partial charge in [0.15, 0.2) is 0 Å². The van der Waals surface area contributed by atoms with Crippen molar-refractivity contribution in [2.45, 2.75) is 19.8 Å². The van der Waals surface area contributed by atoms with Gasteiger partial charge in [-0.05, 0) is 6.42 Å². The summed E-state index contributed by atoms with van der Waals surface area (Å²) >= 11 is 0. The number of pyridine rings is 1. The largest absolute Gasteiger partial charge is 0.492 e. The second-order valence-electron chi connectivity index (χ2n) is 5.33. The van der Waals surface area contributed by atoms with Crippen LogP contribution in [0.4, 0.5) is 5.69 Å². The number of anilines is 1. The van der Waals surface area contributed by atoms with Gasteiger partial charge in [0.25, 0.3) is 0 Å². The van der Waals surface area contributed by atoms with Crippen LogP contribution in [0.15, 0.2) is 30.6 Å². The summed E-state index contributed by atoms with van der Waals surface area (Å²) < 4.78 is 5.67. The zero-order chi connectivity index (χ0) is 18.5. The van der Waals surface area contributed by atoms with Crippen LogP contribution in [0.5, 0.6) is 5.75 Å². The van der Waals surface area contributed by atoms with E-state index in [-0.39, 0.29) is 0 Å². The molecule has 0 atom stereocenters. The third-order valence-corrected chi connectivity index (χ3v) is 3.32. The highest BCUT2D eigenvalue weighted by Crippen LogP contribution is 2.19. The molecule has 1 fully saturated rings. The van der Waals surface area contributed by atoms with E-state index in [2.05, 4.69) is 28.2 Å². The zero-order valence-corrected chi connectivity index (χ0v) is 14.4. The van der Waals surface area contributed by atoms with Gasteiger partial charge in [0.1, 0.15) is 5.75 Å². The lowest BCUT2D eigenvalue weighted by Crippen LogP contribution is -2.43. The van der Waals surface area contributed by atoms with Crippen LogP contribution < -0.4 is 15.0 Å². The molecule has 0 spiro atoms. The lowest BCUT2D eigenvalue weighted by molar-refractivity contribution is -0.134. The molecule has 0 aromatic carbocycles. The Morgan fingerprint density at radius 2 is 1.88 bits per heavy atom. The SMILES string of the molecule is CCCCOc1cncc(N2CCNCC2)c1.O=C(O)/C=C/C(=O)O. The van der Waals surface area contributed by atoms with Crippen LogP contribution in [-0.2, 0) is 9.59 Å². The van der Waals surface area contributed by atoms with Crippen LogP contribution in [0.2, 0.25) is 0 Å². The molecule has 8 heteroatoms. The molecule has 1 saturated heterocycles. The highest BCUT2D eigenvalue weighted by atomic mass is 16.5. The normalized spacial score (nSPS) is 13.9. The maximum atomic E-state index is 9.55. The Kier molecular flexibility index (Phi) is 9.69. The Bertz CT molecular complexity index is 555. The van der Waals surface area contributed by atoms with E-state index in [9.17, 15) is 9.59 Å². The minimum Gasteiger partial charge on any atom is -0.492 e. The minimum absolute atomic E-state index is 0.558. The molecular weight excluding hydrogens is 326 g/mol. The van der Waals surface area contributed by atoms with Gasteiger partial charge >= 0.3 is 11.9 Å². The lowest BCUT2D eigenvalue weighted by atomic mass is 10.3. The van der Waals surface area contributed by atoms with E-state index in [0.29, 0.717) is 12.2 Å². The second kappa shape index (κ2) is 11.9. The van der Waals surface area contributed by atoms with Gasteiger partial charge in [0, 0.05) is 44.4 Å². The van der Waals surface area contributed by atoms with Crippen molar-refractivity contribution in [3.05, 3.63) is 30.6 Å². The van der Waals surface area contributed by atoms with E-state index in [0.717, 1.165) is 51.4 Å². The number of nitrogens with one attached hydrogen (secondary N) is 1. The first-order valence-corrected chi connectivity index (χ1v) is 8.20. The number of rotatable bonds is 7. The average molecular weight is 351 g/mol. The molecular formula is C17H25N3O5. The second-order valence-corrected chi connectivity index (χ2v) is 5.33. The summed E-state index contributed by atoms with van der Waals surface area (Å²) in [6, 6.07) is 2.09. The number of unbranched alkanes of at least 4 members (excludes halogenated alkanes) is 1. The summed E-state index contributed by atoms with van der Waals surface area (Å²) in [5, 5.41) is 19.0. The molecule has 0 saturated carbocycles. The van der Waals surface area contributed by atoms with E-state index >= 15 is 0 Å². The molecule has 8 nitrogen and oxygen atoms in total. The fourth-order valence-electron chi connectivity index (χ4n) is 2.06. The maximum Gasteiger partial charge on any atom is 0.328 e. The Labute approximate surface area is 147 Å². The number of carbonyl (C=O) groups is 2. The van der Waals surface area contributed by atoms with Crippen molar-refractivity contribution in [1.29, 1.82) is 0 Å². The first-order valence-electron chi connectivity index (χ1n) is 8.20. The topological polar surface area (TPSA) is 112 Å². The molecule has 2 rings (SSSR count). The Hall–Kier alpha value is -2.61. The molecule has 0 bridgehead atoms. The maximum absolute atomic E-state index is 9.55. The van der Waals surface area contributed by atoms with E-state index in [1.54, 1.807) is 6.20 Å². The van der Waals surface area contributed by atoms with Crippen LogP contribution in [0.3, 0.4) is 0 Å². The highest BCUT2D eigenvalue weighted by Gasteiger charge is 2.11. The van der Waals surface area contributed by atoms with Gasteiger partial charge in [-0.3, -0.25) is 4.98 Å². The average Bonchev–Trinajstić information content (AvgIpc) is 2.62. The third kappa shape index (κ3) is 9.31. The smallest absolute Gasteiger partial charge is 0.328 e. The van der Waals surface area contributed by atoms with Crippen LogP contribution in [0.1, 0.15) is 19.8 Å². The first-order chi connectivity index (χ1) is 12.0. The summed E-state index contributed by atoms with van der Waals surface area (Å²) in [6.45, 7) is 7.12. The number of carboxylic acid groups (broad SMARTS) is 2. The zero-order valence-electron chi connectivity index (χ0n) is 14.4. The molecule has 0 radical (unpaired) electrons. The van der Waals surface area contributed by atoms with Gasteiger partial charge in [0.05, 0.1) is 24.7 Å². The number of piperazine rings is 1. The van der Waals surface area contributed by atoms with Crippen LogP contribution in [0, 0.1) is 0 Å². The number of aromatic nitrogens is 1. The third-order valence-electron chi connectivity index (χ3n) is 3.32. The molecule has 138 valence electrons. The lowest BCUT2D eigenvalue weighted by Gasteiger charge is -2.29. The summed E-state index contributed by atoms with van der Waals surface area (Å²) in [6.07, 6.45) is 7.08. The van der Waals surface area contributed by atoms with Crippen LogP contribution in [0.25, 0.3) is 0 Å². The van der Waals surface area contributed by atoms with E-state index < -0.39 is 11.9 Å². The molecule has 1 aliphatic rings. The van der Waals surface area contributed by atoms with Gasteiger partial charge in [-0.25, -0.2) is 9.59 Å². The van der Waals surface area contributed by atoms with E-state index in [1.165, 1.54) is 5.69 Å². The van der Waals surface area contributed by atoms with Crippen molar-refractivity contribution in [3.63, 3.8) is 0 Å². The number of aliphatic carboxylic acids is 2. The molecule has 2 heterocycles. The quantitative estimate of drug-likeness (QED) is 0.499. The van der Waals surface area contributed by atoms with Gasteiger partial charge < -0.3 is 25.2 Å². The molecule has 25 heavy (non-hydrogen) atoms. The Morgan fingerprint density at radius 3 is 2.44 bits per heavy atom. The monoisotopic (exact) mass is 351 g/mol. The summed E-state index contributed by atoms with van der Waals surface area (Å²) in [5.41, 5.74) is 1.17. The number of ether oxygens (including phenoxy) is 1. The van der Waals surface area contributed by atoms with E-state index in [1.807, 2.05) is 6.20 Å². The molecule has 1 aliphatic heterocycles. The number of hydrogen-bond donors (Lipinski definition) is 3. The van der Waals surface area contributed by atoms with Gasteiger partial charge in [0.2, 0.25) is 0 Å². The standard InChI is InChI=1S/C13H21N3O.C4H4O4/c1-2-3-8-17-13-9-12(10-15-11-13)16-6-4-14-5-7-16;5-3(6)1-2-4(7)8/h9-11,14H,2-8H2,1H3;1-2H,(H,5,6)(H,7,8)/b;2-1+. The van der Waals surface area contributed by atoms with Crippen molar-refractivity contribution in [2.75, 3.05) is 37.7 Å². The van der Waals surface area contributed by atoms with Crippen molar-refractivity contribution in [1.82, 2.24) is 10.3 Å². The van der Waals surface area contributed by atoms with Gasteiger partial charge in [-0.15, -0.1) is 0 Å². The fraction of sp³-hybridized carbons (Fsp3) is 0.471. The van der Waals surface area contributed by atoms with Gasteiger partial charge in [-0.2, -0.15) is 0 Å². The molecule has 0 aliphatic carbocycles. The molecule has 0 amide bonds. The fourth-order valence-corrected chi connectivity index (χ4v) is 2.06. The predicted octanol–water partition coefficient (Wildman–Crippen LogP) is 1.38. The van der Waals surface area contributed by atoms with Crippen molar-refractivity contribution in [3.8, 4) is 5.75 Å². The highest BCUT2D eigenvalue weighted by molar-refractivity contribution is 5.89. The number of carboxylic acids is 2.